The van der Waals surface area contributed by atoms with Gasteiger partial charge in [0.05, 0.1) is 12.1 Å². The van der Waals surface area contributed by atoms with E-state index in [9.17, 15) is 14.7 Å². The number of rotatable bonds is 11. The highest BCUT2D eigenvalue weighted by molar-refractivity contribution is 5.94. The number of aliphatic hydroxyl groups excluding tert-OH is 1. The summed E-state index contributed by atoms with van der Waals surface area (Å²) < 4.78 is 5.80. The van der Waals surface area contributed by atoms with Crippen molar-refractivity contribution in [3.8, 4) is 11.5 Å². The molecule has 0 saturated carbocycles. The Bertz CT molecular complexity index is 1230. The van der Waals surface area contributed by atoms with Gasteiger partial charge in [0.15, 0.2) is 11.5 Å². The minimum absolute atomic E-state index is 0.0215. The van der Waals surface area contributed by atoms with Gasteiger partial charge < -0.3 is 20.0 Å². The molecule has 0 radical (unpaired) electrons. The molecule has 39 heavy (non-hydrogen) atoms. The summed E-state index contributed by atoms with van der Waals surface area (Å²) in [5.74, 6) is 0.282. The number of para-hydroxylation sites is 3. The molecule has 4 rings (SSSR count). The number of aliphatic hydroxyl groups is 1. The molecule has 1 aliphatic heterocycles. The summed E-state index contributed by atoms with van der Waals surface area (Å²) in [4.78, 5) is 38.5. The number of hydroxylamine groups is 1. The van der Waals surface area contributed by atoms with Crippen molar-refractivity contribution in [3.63, 3.8) is 0 Å². The minimum atomic E-state index is -0.720. The van der Waals surface area contributed by atoms with Crippen molar-refractivity contribution in [1.82, 2.24) is 20.3 Å². The smallest absolute Gasteiger partial charge is 0.285 e. The number of carbonyl (C=O) groups is 2. The Balaban J connectivity index is 1.18. The number of nitrogens with zero attached hydrogens (tertiary/aromatic N) is 3. The van der Waals surface area contributed by atoms with Crippen molar-refractivity contribution >= 4 is 17.5 Å². The SMILES string of the molecule is Cc1cccc(C)c1NC(=O)CN1CCN(CC(O)COc2ccccc2ONC(=O)c2cccnc2)CC1. The number of aromatic nitrogens is 1. The molecule has 2 heterocycles. The van der Waals surface area contributed by atoms with Crippen LogP contribution in [0.5, 0.6) is 11.5 Å². The van der Waals surface area contributed by atoms with Crippen molar-refractivity contribution in [2.45, 2.75) is 20.0 Å². The first-order valence-corrected chi connectivity index (χ1v) is 13.0. The predicted molar refractivity (Wildman–Crippen MR) is 148 cm³/mol. The molecule has 10 heteroatoms. The van der Waals surface area contributed by atoms with Gasteiger partial charge in [0, 0.05) is 50.8 Å². The molecule has 3 aromatic rings. The topological polar surface area (TPSA) is 116 Å². The van der Waals surface area contributed by atoms with E-state index in [1.165, 1.54) is 6.20 Å². The Hall–Kier alpha value is -3.99. The fourth-order valence-corrected chi connectivity index (χ4v) is 4.37. The summed E-state index contributed by atoms with van der Waals surface area (Å²) in [5.41, 5.74) is 5.73. The summed E-state index contributed by atoms with van der Waals surface area (Å²) in [5, 5.41) is 13.6. The second kappa shape index (κ2) is 13.7. The van der Waals surface area contributed by atoms with E-state index in [4.69, 9.17) is 9.57 Å². The number of piperazine rings is 1. The lowest BCUT2D eigenvalue weighted by Crippen LogP contribution is -2.50. The number of amides is 2. The number of hydrogen-bond acceptors (Lipinski definition) is 8. The monoisotopic (exact) mass is 533 g/mol. The number of pyridine rings is 1. The molecular weight excluding hydrogens is 498 g/mol. The largest absolute Gasteiger partial charge is 0.487 e. The van der Waals surface area contributed by atoms with E-state index in [-0.39, 0.29) is 12.5 Å². The summed E-state index contributed by atoms with van der Waals surface area (Å²) >= 11 is 0. The van der Waals surface area contributed by atoms with E-state index in [1.807, 2.05) is 32.0 Å². The lowest BCUT2D eigenvalue weighted by molar-refractivity contribution is -0.117. The van der Waals surface area contributed by atoms with Gasteiger partial charge in [-0.2, -0.15) is 5.48 Å². The van der Waals surface area contributed by atoms with Crippen LogP contribution in [0.2, 0.25) is 0 Å². The van der Waals surface area contributed by atoms with Crippen molar-refractivity contribution in [2.75, 3.05) is 51.2 Å². The van der Waals surface area contributed by atoms with Crippen LogP contribution >= 0.6 is 0 Å². The Morgan fingerprint density at radius 2 is 1.64 bits per heavy atom. The highest BCUT2D eigenvalue weighted by atomic mass is 16.7. The van der Waals surface area contributed by atoms with Gasteiger partial charge in [-0.25, -0.2) is 0 Å². The highest BCUT2D eigenvalue weighted by Crippen LogP contribution is 2.26. The Morgan fingerprint density at radius 3 is 2.33 bits per heavy atom. The van der Waals surface area contributed by atoms with Gasteiger partial charge in [0.2, 0.25) is 5.91 Å². The minimum Gasteiger partial charge on any atom is -0.487 e. The van der Waals surface area contributed by atoms with Gasteiger partial charge in [-0.15, -0.1) is 0 Å². The summed E-state index contributed by atoms with van der Waals surface area (Å²) in [6.07, 6.45) is 2.30. The normalized spacial score (nSPS) is 14.8. The van der Waals surface area contributed by atoms with Crippen LogP contribution < -0.4 is 20.4 Å². The second-order valence-electron chi connectivity index (χ2n) is 9.58. The molecular formula is C29H35N5O5. The number of anilines is 1. The number of hydrogen-bond donors (Lipinski definition) is 3. The van der Waals surface area contributed by atoms with Gasteiger partial charge in [0.1, 0.15) is 12.7 Å². The van der Waals surface area contributed by atoms with E-state index >= 15 is 0 Å². The highest BCUT2D eigenvalue weighted by Gasteiger charge is 2.22. The van der Waals surface area contributed by atoms with Gasteiger partial charge in [-0.1, -0.05) is 30.3 Å². The maximum absolute atomic E-state index is 12.6. The summed E-state index contributed by atoms with van der Waals surface area (Å²) in [7, 11) is 0. The standard InChI is InChI=1S/C29H35N5O5/c1-21-7-5-8-22(2)28(21)31-27(36)19-34-15-13-33(14-16-34)18-24(35)20-38-25-10-3-4-11-26(25)39-32-29(37)23-9-6-12-30-17-23/h3-12,17,24,35H,13-16,18-20H2,1-2H3,(H,31,36)(H,32,37). The average molecular weight is 534 g/mol. The molecule has 206 valence electrons. The average Bonchev–Trinajstić information content (AvgIpc) is 2.94. The Morgan fingerprint density at radius 1 is 0.949 bits per heavy atom. The Labute approximate surface area is 228 Å². The number of β-amino-alcohol motifs (C(OH)–C–C–N with tert-alkyl or cyclic N) is 1. The van der Waals surface area contributed by atoms with Crippen LogP contribution in [0.4, 0.5) is 5.69 Å². The molecule has 1 fully saturated rings. The molecule has 10 nitrogen and oxygen atoms in total. The lowest BCUT2D eigenvalue weighted by Gasteiger charge is -2.35. The number of benzene rings is 2. The summed E-state index contributed by atoms with van der Waals surface area (Å²) in [6.45, 7) is 7.79. The van der Waals surface area contributed by atoms with Crippen LogP contribution in [-0.4, -0.2) is 83.7 Å². The van der Waals surface area contributed by atoms with Crippen molar-refractivity contribution < 1.29 is 24.3 Å². The molecule has 1 saturated heterocycles. The van der Waals surface area contributed by atoms with E-state index in [0.717, 1.165) is 43.0 Å². The van der Waals surface area contributed by atoms with Gasteiger partial charge in [-0.3, -0.25) is 24.4 Å². The van der Waals surface area contributed by atoms with Crippen LogP contribution in [0.1, 0.15) is 21.5 Å². The number of carbonyl (C=O) groups excluding carboxylic acids is 2. The van der Waals surface area contributed by atoms with Crippen molar-refractivity contribution in [3.05, 3.63) is 83.7 Å². The molecule has 2 aromatic carbocycles. The predicted octanol–water partition coefficient (Wildman–Crippen LogP) is 2.42. The Kier molecular flexibility index (Phi) is 9.85. The maximum Gasteiger partial charge on any atom is 0.285 e. The number of aryl methyl sites for hydroxylation is 2. The van der Waals surface area contributed by atoms with E-state index in [2.05, 4.69) is 25.6 Å². The van der Waals surface area contributed by atoms with E-state index in [0.29, 0.717) is 30.2 Å². The molecule has 1 unspecified atom stereocenters. The number of ether oxygens (including phenoxy) is 1. The van der Waals surface area contributed by atoms with Crippen LogP contribution in [0.25, 0.3) is 0 Å². The van der Waals surface area contributed by atoms with Crippen molar-refractivity contribution in [2.24, 2.45) is 0 Å². The van der Waals surface area contributed by atoms with Crippen molar-refractivity contribution in [1.29, 1.82) is 0 Å². The van der Waals surface area contributed by atoms with Gasteiger partial charge in [0.25, 0.3) is 5.91 Å². The zero-order valence-corrected chi connectivity index (χ0v) is 22.3. The molecule has 2 amide bonds. The quantitative estimate of drug-likeness (QED) is 0.322. The lowest BCUT2D eigenvalue weighted by atomic mass is 10.1. The third kappa shape index (κ3) is 8.25. The molecule has 0 aliphatic carbocycles. The fourth-order valence-electron chi connectivity index (χ4n) is 4.37. The first kappa shape index (κ1) is 28.0. The molecule has 1 atom stereocenters. The zero-order valence-electron chi connectivity index (χ0n) is 22.3. The van der Waals surface area contributed by atoms with Gasteiger partial charge in [-0.05, 0) is 49.2 Å². The first-order chi connectivity index (χ1) is 18.9. The fraction of sp³-hybridized carbons (Fsp3) is 0.345. The maximum atomic E-state index is 12.6. The van der Waals surface area contributed by atoms with Crippen LogP contribution in [0, 0.1) is 13.8 Å². The molecule has 1 aliphatic rings. The molecule has 0 spiro atoms. The third-order valence-corrected chi connectivity index (χ3v) is 6.50. The second-order valence-corrected chi connectivity index (χ2v) is 9.58. The zero-order chi connectivity index (χ0) is 27.6. The molecule has 3 N–H and O–H groups in total. The molecule has 1 aromatic heterocycles. The van der Waals surface area contributed by atoms with Crippen LogP contribution in [0.15, 0.2) is 67.0 Å². The van der Waals surface area contributed by atoms with Gasteiger partial charge >= 0.3 is 0 Å². The van der Waals surface area contributed by atoms with E-state index < -0.39 is 12.0 Å². The van der Waals surface area contributed by atoms with Crippen LogP contribution in [0.3, 0.4) is 0 Å². The third-order valence-electron chi connectivity index (χ3n) is 6.50. The molecule has 0 bridgehead atoms. The first-order valence-electron chi connectivity index (χ1n) is 13.0. The summed E-state index contributed by atoms with van der Waals surface area (Å²) in [6, 6.07) is 16.2. The van der Waals surface area contributed by atoms with Crippen LogP contribution in [-0.2, 0) is 4.79 Å². The number of nitrogens with one attached hydrogen (secondary N) is 2. The van der Waals surface area contributed by atoms with E-state index in [1.54, 1.807) is 42.6 Å².